The quantitative estimate of drug-likeness (QED) is 0.642. The number of ether oxygens (including phenoxy) is 1. The van der Waals surface area contributed by atoms with Crippen molar-refractivity contribution in [3.8, 4) is 0 Å². The zero-order valence-corrected chi connectivity index (χ0v) is 7.27. The van der Waals surface area contributed by atoms with Crippen LogP contribution in [-0.2, 0) is 14.3 Å². The minimum Gasteiger partial charge on any atom is -0.463 e. The minimum atomic E-state index is -0.744. The number of aliphatic hydroxyl groups is 1. The standard InChI is InChI=1S/C9H9FO4/c10-5-3-4-6(8(5)12)7(4)9(13)14-2-1-11/h3-4,6-7,11H,1-2H2. The molecule has 0 aromatic rings. The van der Waals surface area contributed by atoms with Crippen molar-refractivity contribution in [2.75, 3.05) is 13.2 Å². The van der Waals surface area contributed by atoms with Crippen molar-refractivity contribution in [2.24, 2.45) is 17.8 Å². The molecule has 5 heteroatoms. The molecule has 2 rings (SSSR count). The average Bonchev–Trinajstić information content (AvgIpc) is 2.79. The molecule has 0 radical (unpaired) electrons. The molecule has 76 valence electrons. The lowest BCUT2D eigenvalue weighted by molar-refractivity contribution is -0.147. The third kappa shape index (κ3) is 1.24. The Hall–Kier alpha value is -1.23. The van der Waals surface area contributed by atoms with E-state index in [0.29, 0.717) is 0 Å². The van der Waals surface area contributed by atoms with Crippen LogP contribution in [0.2, 0.25) is 0 Å². The van der Waals surface area contributed by atoms with Crippen LogP contribution >= 0.6 is 0 Å². The highest BCUT2D eigenvalue weighted by Crippen LogP contribution is 2.54. The summed E-state index contributed by atoms with van der Waals surface area (Å²) >= 11 is 0. The summed E-state index contributed by atoms with van der Waals surface area (Å²) < 4.78 is 17.2. The Labute approximate surface area is 79.4 Å². The molecular weight excluding hydrogens is 191 g/mol. The highest BCUT2D eigenvalue weighted by molar-refractivity contribution is 6.05. The van der Waals surface area contributed by atoms with E-state index in [2.05, 4.69) is 4.74 Å². The van der Waals surface area contributed by atoms with Crippen LogP contribution in [-0.4, -0.2) is 30.1 Å². The maximum absolute atomic E-state index is 12.6. The highest BCUT2D eigenvalue weighted by atomic mass is 19.1. The largest absolute Gasteiger partial charge is 0.463 e. The van der Waals surface area contributed by atoms with Crippen LogP contribution < -0.4 is 0 Å². The van der Waals surface area contributed by atoms with Crippen LogP contribution in [0.3, 0.4) is 0 Å². The summed E-state index contributed by atoms with van der Waals surface area (Å²) in [7, 11) is 0. The fourth-order valence-corrected chi connectivity index (χ4v) is 1.84. The predicted molar refractivity (Wildman–Crippen MR) is 42.7 cm³/mol. The fraction of sp³-hybridized carbons (Fsp3) is 0.556. The molecule has 2 aliphatic carbocycles. The number of ketones is 1. The van der Waals surface area contributed by atoms with E-state index >= 15 is 0 Å². The first-order valence-electron chi connectivity index (χ1n) is 4.36. The van der Waals surface area contributed by atoms with E-state index in [1.165, 1.54) is 6.08 Å². The first-order valence-corrected chi connectivity index (χ1v) is 4.36. The van der Waals surface area contributed by atoms with E-state index in [1.54, 1.807) is 0 Å². The second kappa shape index (κ2) is 3.16. The Morgan fingerprint density at radius 2 is 2.36 bits per heavy atom. The topological polar surface area (TPSA) is 63.6 Å². The zero-order valence-electron chi connectivity index (χ0n) is 7.27. The predicted octanol–water partition coefficient (Wildman–Crippen LogP) is -0.180. The van der Waals surface area contributed by atoms with Gasteiger partial charge in [-0.05, 0) is 6.08 Å². The molecule has 0 saturated heterocycles. The number of aliphatic hydroxyl groups excluding tert-OH is 1. The van der Waals surface area contributed by atoms with Gasteiger partial charge in [-0.1, -0.05) is 0 Å². The van der Waals surface area contributed by atoms with Crippen molar-refractivity contribution in [3.63, 3.8) is 0 Å². The summed E-state index contributed by atoms with van der Waals surface area (Å²) in [5.41, 5.74) is 0. The van der Waals surface area contributed by atoms with Gasteiger partial charge in [0.05, 0.1) is 12.5 Å². The molecule has 4 nitrogen and oxygen atoms in total. The molecule has 0 aromatic carbocycles. The number of hydrogen-bond donors (Lipinski definition) is 1. The van der Waals surface area contributed by atoms with E-state index in [-0.39, 0.29) is 19.1 Å². The number of allylic oxidation sites excluding steroid dienone is 2. The average molecular weight is 200 g/mol. The summed E-state index contributed by atoms with van der Waals surface area (Å²) in [5, 5.41) is 8.40. The van der Waals surface area contributed by atoms with Gasteiger partial charge in [0.1, 0.15) is 6.61 Å². The number of Topliss-reactive ketones (excluding diaryl/α,β-unsaturated/α-hetero) is 1. The van der Waals surface area contributed by atoms with Crippen molar-refractivity contribution >= 4 is 11.8 Å². The number of carbonyl (C=O) groups excluding carboxylic acids is 2. The summed E-state index contributed by atoms with van der Waals surface area (Å²) in [6.45, 7) is -0.318. The summed E-state index contributed by atoms with van der Waals surface area (Å²) in [6, 6.07) is 0. The number of fused-ring (bicyclic) bond motifs is 1. The Bertz CT molecular complexity index is 323. The second-order valence-electron chi connectivity index (χ2n) is 3.40. The van der Waals surface area contributed by atoms with Crippen LogP contribution in [0, 0.1) is 17.8 Å². The van der Waals surface area contributed by atoms with Gasteiger partial charge < -0.3 is 9.84 Å². The molecule has 0 amide bonds. The van der Waals surface area contributed by atoms with Crippen molar-refractivity contribution < 1.29 is 23.8 Å². The summed E-state index contributed by atoms with van der Waals surface area (Å²) in [6.07, 6.45) is 1.18. The van der Waals surface area contributed by atoms with Gasteiger partial charge in [0.2, 0.25) is 0 Å². The van der Waals surface area contributed by atoms with Crippen LogP contribution in [0.25, 0.3) is 0 Å². The number of rotatable bonds is 3. The van der Waals surface area contributed by atoms with Crippen molar-refractivity contribution in [3.05, 3.63) is 11.9 Å². The first kappa shape index (κ1) is 9.33. The van der Waals surface area contributed by atoms with E-state index in [4.69, 9.17) is 5.11 Å². The molecule has 1 fully saturated rings. The lowest BCUT2D eigenvalue weighted by atomic mass is 10.2. The fourth-order valence-electron chi connectivity index (χ4n) is 1.84. The Morgan fingerprint density at radius 3 is 2.86 bits per heavy atom. The Morgan fingerprint density at radius 1 is 1.64 bits per heavy atom. The van der Waals surface area contributed by atoms with Crippen molar-refractivity contribution in [2.45, 2.75) is 0 Å². The van der Waals surface area contributed by atoms with Gasteiger partial charge in [0, 0.05) is 11.8 Å². The molecule has 2 aliphatic rings. The van der Waals surface area contributed by atoms with Gasteiger partial charge in [-0.15, -0.1) is 0 Å². The molecule has 0 spiro atoms. The van der Waals surface area contributed by atoms with Crippen LogP contribution in [0.1, 0.15) is 0 Å². The van der Waals surface area contributed by atoms with Gasteiger partial charge in [0.15, 0.2) is 11.6 Å². The van der Waals surface area contributed by atoms with E-state index in [9.17, 15) is 14.0 Å². The molecule has 14 heavy (non-hydrogen) atoms. The maximum Gasteiger partial charge on any atom is 0.310 e. The summed E-state index contributed by atoms with van der Waals surface area (Å²) in [5.74, 6) is -3.23. The van der Waals surface area contributed by atoms with E-state index in [0.717, 1.165) is 0 Å². The smallest absolute Gasteiger partial charge is 0.310 e. The van der Waals surface area contributed by atoms with Gasteiger partial charge in [-0.2, -0.15) is 0 Å². The molecule has 0 heterocycles. The third-order valence-corrected chi connectivity index (χ3v) is 2.56. The van der Waals surface area contributed by atoms with Gasteiger partial charge in [0.25, 0.3) is 0 Å². The highest BCUT2D eigenvalue weighted by Gasteiger charge is 2.63. The zero-order chi connectivity index (χ0) is 10.3. The second-order valence-corrected chi connectivity index (χ2v) is 3.40. The lowest BCUT2D eigenvalue weighted by Crippen LogP contribution is -2.15. The molecule has 0 bridgehead atoms. The third-order valence-electron chi connectivity index (χ3n) is 2.56. The minimum absolute atomic E-state index is 0.0742. The molecule has 1 saturated carbocycles. The van der Waals surface area contributed by atoms with E-state index < -0.39 is 29.4 Å². The molecule has 1 N–H and O–H groups in total. The van der Waals surface area contributed by atoms with Gasteiger partial charge in [-0.3, -0.25) is 9.59 Å². The molecule has 3 atom stereocenters. The number of esters is 1. The normalized spacial score (nSPS) is 33.7. The first-order chi connectivity index (χ1) is 6.66. The van der Waals surface area contributed by atoms with Gasteiger partial charge >= 0.3 is 5.97 Å². The van der Waals surface area contributed by atoms with Crippen LogP contribution in [0.5, 0.6) is 0 Å². The SMILES string of the molecule is O=C(OCCO)C1C2C=C(F)C(=O)C21. The molecule has 0 aliphatic heterocycles. The molecule has 3 unspecified atom stereocenters. The van der Waals surface area contributed by atoms with Crippen molar-refractivity contribution in [1.29, 1.82) is 0 Å². The Balaban J connectivity index is 1.94. The number of halogens is 1. The number of hydrogen-bond acceptors (Lipinski definition) is 4. The monoisotopic (exact) mass is 200 g/mol. The van der Waals surface area contributed by atoms with Crippen molar-refractivity contribution in [1.82, 2.24) is 0 Å². The maximum atomic E-state index is 12.6. The number of carbonyl (C=O) groups is 2. The molecule has 0 aromatic heterocycles. The van der Waals surface area contributed by atoms with E-state index in [1.807, 2.05) is 0 Å². The lowest BCUT2D eigenvalue weighted by Gasteiger charge is -2.02. The molecular formula is C9H9FO4. The Kier molecular flexibility index (Phi) is 2.11. The summed E-state index contributed by atoms with van der Waals surface area (Å²) in [4.78, 5) is 22.2. The van der Waals surface area contributed by atoms with Gasteiger partial charge in [-0.25, -0.2) is 4.39 Å². The van der Waals surface area contributed by atoms with Crippen LogP contribution in [0.4, 0.5) is 4.39 Å². The van der Waals surface area contributed by atoms with Crippen LogP contribution in [0.15, 0.2) is 11.9 Å².